The summed E-state index contributed by atoms with van der Waals surface area (Å²) in [5.74, 6) is 0.940. The predicted molar refractivity (Wildman–Crippen MR) is 45.0 cm³/mol. The van der Waals surface area contributed by atoms with E-state index in [9.17, 15) is 0 Å². The van der Waals surface area contributed by atoms with Gasteiger partial charge in [0, 0.05) is 18.0 Å². The first-order chi connectivity index (χ1) is 5.95. The third kappa shape index (κ3) is 0.605. The van der Waals surface area contributed by atoms with Gasteiger partial charge >= 0.3 is 0 Å². The van der Waals surface area contributed by atoms with Crippen LogP contribution in [0.3, 0.4) is 0 Å². The molecule has 0 amide bonds. The molecule has 3 heteroatoms. The topological polar surface area (TPSA) is 19.6 Å². The Morgan fingerprint density at radius 1 is 1.25 bits per heavy atom. The second-order valence-corrected chi connectivity index (χ2v) is 2.88. The molecule has 60 valence electrons. The van der Waals surface area contributed by atoms with Gasteiger partial charge in [-0.25, -0.2) is 5.01 Å². The fourth-order valence-electron chi connectivity index (χ4n) is 1.57. The quantitative estimate of drug-likeness (QED) is 0.577. The Labute approximate surface area is 70.1 Å². The second kappa shape index (κ2) is 1.94. The molecule has 0 fully saturated rings. The Kier molecular flexibility index (Phi) is 0.961. The molecule has 2 aliphatic rings. The molecule has 2 aliphatic heterocycles. The lowest BCUT2D eigenvalue weighted by Crippen LogP contribution is -2.29. The number of hydrogen-bond donors (Lipinski definition) is 0. The van der Waals surface area contributed by atoms with Crippen LogP contribution in [0.15, 0.2) is 41.3 Å². The van der Waals surface area contributed by atoms with Crippen LogP contribution in [0.4, 0.5) is 5.88 Å². The highest BCUT2D eigenvalue weighted by Gasteiger charge is 2.26. The van der Waals surface area contributed by atoms with Gasteiger partial charge in [0.25, 0.3) is 0 Å². The molecule has 3 heterocycles. The minimum absolute atomic E-state index is 0.909. The van der Waals surface area contributed by atoms with Crippen LogP contribution < -0.4 is 5.01 Å². The largest absolute Gasteiger partial charge is 0.446 e. The molecule has 12 heavy (non-hydrogen) atoms. The summed E-state index contributed by atoms with van der Waals surface area (Å²) < 4.78 is 5.34. The van der Waals surface area contributed by atoms with Crippen molar-refractivity contribution in [2.75, 3.05) is 5.01 Å². The van der Waals surface area contributed by atoms with E-state index in [2.05, 4.69) is 5.01 Å². The van der Waals surface area contributed by atoms with Gasteiger partial charge < -0.3 is 4.42 Å². The summed E-state index contributed by atoms with van der Waals surface area (Å²) in [4.78, 5) is 0. The highest BCUT2D eigenvalue weighted by atomic mass is 16.4. The molecule has 3 nitrogen and oxygen atoms in total. The van der Waals surface area contributed by atoms with E-state index in [1.165, 1.54) is 5.56 Å². The Morgan fingerprint density at radius 2 is 2.17 bits per heavy atom. The van der Waals surface area contributed by atoms with Gasteiger partial charge in [0.2, 0.25) is 5.88 Å². The van der Waals surface area contributed by atoms with Gasteiger partial charge in [-0.2, -0.15) is 0 Å². The van der Waals surface area contributed by atoms with Crippen LogP contribution in [0.5, 0.6) is 0 Å². The molecule has 0 atom stereocenters. The number of hydrazine groups is 1. The summed E-state index contributed by atoms with van der Waals surface area (Å²) in [5, 5.41) is 4.11. The predicted octanol–water partition coefficient (Wildman–Crippen LogP) is 1.86. The third-order valence-corrected chi connectivity index (χ3v) is 2.14. The molecular weight excluding hydrogens is 152 g/mol. The molecule has 0 unspecified atom stereocenters. The van der Waals surface area contributed by atoms with Gasteiger partial charge in [0.1, 0.15) is 0 Å². The number of anilines is 1. The second-order valence-electron chi connectivity index (χ2n) is 2.88. The van der Waals surface area contributed by atoms with Crippen molar-refractivity contribution in [3.63, 3.8) is 0 Å². The molecule has 1 aromatic rings. The number of hydrogen-bond acceptors (Lipinski definition) is 3. The first kappa shape index (κ1) is 5.94. The average Bonchev–Trinajstić information content (AvgIpc) is 2.62. The summed E-state index contributed by atoms with van der Waals surface area (Å²) >= 11 is 0. The van der Waals surface area contributed by atoms with E-state index >= 15 is 0 Å². The molecule has 0 bridgehead atoms. The van der Waals surface area contributed by atoms with E-state index in [1.807, 2.05) is 35.6 Å². The number of fused-ring (bicyclic) bond motifs is 3. The van der Waals surface area contributed by atoms with Gasteiger partial charge in [-0.3, -0.25) is 5.01 Å². The SMILES string of the molecule is C1=CN2Cc3ccoc3N2C=C1. The van der Waals surface area contributed by atoms with Crippen molar-refractivity contribution in [2.24, 2.45) is 0 Å². The van der Waals surface area contributed by atoms with E-state index in [1.54, 1.807) is 6.26 Å². The molecular formula is C9H8N2O. The highest BCUT2D eigenvalue weighted by molar-refractivity contribution is 5.51. The van der Waals surface area contributed by atoms with Crippen LogP contribution in [-0.2, 0) is 6.54 Å². The molecule has 0 N–H and O–H groups in total. The summed E-state index contributed by atoms with van der Waals surface area (Å²) in [6.07, 6.45) is 9.77. The molecule has 3 rings (SSSR count). The number of nitrogens with zero attached hydrogens (tertiary/aromatic N) is 2. The fourth-order valence-corrected chi connectivity index (χ4v) is 1.57. The Hall–Kier alpha value is -1.64. The smallest absolute Gasteiger partial charge is 0.223 e. The normalized spacial score (nSPS) is 18.3. The summed E-state index contributed by atoms with van der Waals surface area (Å²) in [6, 6.07) is 2.01. The number of furan rings is 1. The van der Waals surface area contributed by atoms with Crippen LogP contribution in [0, 0.1) is 0 Å². The number of rotatable bonds is 0. The minimum atomic E-state index is 0.909. The van der Waals surface area contributed by atoms with E-state index in [4.69, 9.17) is 4.42 Å². The van der Waals surface area contributed by atoms with Gasteiger partial charge in [0.15, 0.2) is 0 Å². The van der Waals surface area contributed by atoms with Crippen molar-refractivity contribution in [3.8, 4) is 0 Å². The van der Waals surface area contributed by atoms with Gasteiger partial charge in [-0.1, -0.05) is 0 Å². The van der Waals surface area contributed by atoms with Crippen molar-refractivity contribution in [1.29, 1.82) is 0 Å². The maximum Gasteiger partial charge on any atom is 0.223 e. The molecule has 0 spiro atoms. The van der Waals surface area contributed by atoms with E-state index in [0.717, 1.165) is 12.4 Å². The van der Waals surface area contributed by atoms with Gasteiger partial charge in [-0.15, -0.1) is 0 Å². The Bertz CT molecular complexity index is 364. The highest BCUT2D eigenvalue weighted by Crippen LogP contribution is 2.33. The zero-order valence-electron chi connectivity index (χ0n) is 6.47. The van der Waals surface area contributed by atoms with Crippen molar-refractivity contribution < 1.29 is 4.42 Å². The maximum atomic E-state index is 5.34. The lowest BCUT2D eigenvalue weighted by Gasteiger charge is -2.25. The first-order valence-electron chi connectivity index (χ1n) is 3.92. The zero-order chi connectivity index (χ0) is 7.97. The molecule has 0 radical (unpaired) electrons. The van der Waals surface area contributed by atoms with Crippen LogP contribution in [-0.4, -0.2) is 5.01 Å². The average molecular weight is 160 g/mol. The van der Waals surface area contributed by atoms with Crippen LogP contribution in [0.1, 0.15) is 5.56 Å². The first-order valence-corrected chi connectivity index (χ1v) is 3.92. The van der Waals surface area contributed by atoms with Crippen molar-refractivity contribution in [1.82, 2.24) is 5.01 Å². The third-order valence-electron chi connectivity index (χ3n) is 2.14. The molecule has 0 saturated heterocycles. The van der Waals surface area contributed by atoms with Crippen molar-refractivity contribution in [2.45, 2.75) is 6.54 Å². The minimum Gasteiger partial charge on any atom is -0.446 e. The fraction of sp³-hybridized carbons (Fsp3) is 0.111. The van der Waals surface area contributed by atoms with Crippen LogP contribution in [0.25, 0.3) is 0 Å². The van der Waals surface area contributed by atoms with Crippen LogP contribution in [0.2, 0.25) is 0 Å². The molecule has 0 saturated carbocycles. The van der Waals surface area contributed by atoms with Crippen LogP contribution >= 0.6 is 0 Å². The standard InChI is InChI=1S/C9H8N2O/c1-2-5-11-9-8(3-6-12-9)7-10(11)4-1/h1-6H,7H2. The van der Waals surface area contributed by atoms with Gasteiger partial charge in [-0.05, 0) is 18.2 Å². The lowest BCUT2D eigenvalue weighted by molar-refractivity contribution is 0.378. The zero-order valence-corrected chi connectivity index (χ0v) is 6.47. The summed E-state index contributed by atoms with van der Waals surface area (Å²) in [6.45, 7) is 0.909. The Balaban J connectivity index is 2.11. The monoisotopic (exact) mass is 160 g/mol. The molecule has 0 aromatic carbocycles. The summed E-state index contributed by atoms with van der Waals surface area (Å²) in [5.41, 5.74) is 1.24. The van der Waals surface area contributed by atoms with Gasteiger partial charge in [0.05, 0.1) is 12.8 Å². The summed E-state index contributed by atoms with van der Waals surface area (Å²) in [7, 11) is 0. The maximum absolute atomic E-state index is 5.34. The Morgan fingerprint density at radius 3 is 3.17 bits per heavy atom. The molecule has 0 aliphatic carbocycles. The van der Waals surface area contributed by atoms with E-state index < -0.39 is 0 Å². The van der Waals surface area contributed by atoms with E-state index in [-0.39, 0.29) is 0 Å². The van der Waals surface area contributed by atoms with E-state index in [0.29, 0.717) is 0 Å². The lowest BCUT2D eigenvalue weighted by atomic mass is 10.3. The van der Waals surface area contributed by atoms with Crippen molar-refractivity contribution in [3.05, 3.63) is 42.4 Å². The molecule has 1 aromatic heterocycles. The number of allylic oxidation sites excluding steroid dienone is 2. The van der Waals surface area contributed by atoms with Crippen molar-refractivity contribution >= 4 is 5.88 Å².